The van der Waals surface area contributed by atoms with Crippen LogP contribution in [-0.2, 0) is 6.42 Å². The predicted octanol–water partition coefficient (Wildman–Crippen LogP) is 3.68. The van der Waals surface area contributed by atoms with Crippen LogP contribution in [0.3, 0.4) is 0 Å². The number of H-pyrrole nitrogens is 1. The molecule has 1 aromatic heterocycles. The molecule has 3 aromatic rings. The molecule has 0 atom stereocenters. The SMILES string of the molecule is Cc1ccc2[nH]c(C(=O)N3CCc4ccccc43)cc2c1. The van der Waals surface area contributed by atoms with Gasteiger partial charge in [0.05, 0.1) is 0 Å². The highest BCUT2D eigenvalue weighted by molar-refractivity contribution is 6.08. The molecule has 104 valence electrons. The summed E-state index contributed by atoms with van der Waals surface area (Å²) in [5.74, 6) is 0.0498. The molecule has 0 spiro atoms. The standard InChI is InChI=1S/C18H16N2O/c1-12-6-7-15-14(10-12)11-16(19-15)18(21)20-9-8-13-4-2-3-5-17(13)20/h2-7,10-11,19H,8-9H2,1H3. The summed E-state index contributed by atoms with van der Waals surface area (Å²) in [5, 5.41) is 1.09. The monoisotopic (exact) mass is 276 g/mol. The third-order valence-corrected chi connectivity index (χ3v) is 4.14. The van der Waals surface area contributed by atoms with Crippen LogP contribution in [0.4, 0.5) is 5.69 Å². The van der Waals surface area contributed by atoms with E-state index in [1.807, 2.05) is 35.2 Å². The van der Waals surface area contributed by atoms with E-state index >= 15 is 0 Å². The third-order valence-electron chi connectivity index (χ3n) is 4.14. The van der Waals surface area contributed by atoms with Crippen LogP contribution in [0, 0.1) is 6.92 Å². The van der Waals surface area contributed by atoms with Gasteiger partial charge in [-0.3, -0.25) is 4.79 Å². The molecular formula is C18H16N2O. The molecular weight excluding hydrogens is 260 g/mol. The quantitative estimate of drug-likeness (QED) is 0.723. The third kappa shape index (κ3) is 1.93. The highest BCUT2D eigenvalue weighted by Crippen LogP contribution is 2.29. The number of hydrogen-bond acceptors (Lipinski definition) is 1. The molecule has 2 heterocycles. The first-order chi connectivity index (χ1) is 10.2. The zero-order valence-corrected chi connectivity index (χ0v) is 11.9. The molecule has 0 saturated heterocycles. The summed E-state index contributed by atoms with van der Waals surface area (Å²) in [5.41, 5.74) is 5.16. The molecule has 1 aliphatic heterocycles. The van der Waals surface area contributed by atoms with Crippen LogP contribution >= 0.6 is 0 Å². The second-order valence-corrected chi connectivity index (χ2v) is 5.61. The normalized spacial score (nSPS) is 13.7. The number of nitrogens with one attached hydrogen (secondary N) is 1. The molecule has 3 heteroatoms. The van der Waals surface area contributed by atoms with Gasteiger partial charge in [-0.2, -0.15) is 0 Å². The molecule has 21 heavy (non-hydrogen) atoms. The molecule has 0 saturated carbocycles. The number of fused-ring (bicyclic) bond motifs is 2. The van der Waals surface area contributed by atoms with Gasteiger partial charge < -0.3 is 9.88 Å². The van der Waals surface area contributed by atoms with Crippen molar-refractivity contribution in [1.29, 1.82) is 0 Å². The van der Waals surface area contributed by atoms with Crippen molar-refractivity contribution < 1.29 is 4.79 Å². The fraction of sp³-hybridized carbons (Fsp3) is 0.167. The summed E-state index contributed by atoms with van der Waals surface area (Å²) < 4.78 is 0. The number of aromatic amines is 1. The maximum absolute atomic E-state index is 12.8. The van der Waals surface area contributed by atoms with Gasteiger partial charge in [-0.15, -0.1) is 0 Å². The lowest BCUT2D eigenvalue weighted by Crippen LogP contribution is -2.29. The topological polar surface area (TPSA) is 36.1 Å². The number of hydrogen-bond donors (Lipinski definition) is 1. The Morgan fingerprint density at radius 3 is 2.90 bits per heavy atom. The van der Waals surface area contributed by atoms with Crippen LogP contribution in [0.25, 0.3) is 10.9 Å². The first-order valence-corrected chi connectivity index (χ1v) is 7.21. The van der Waals surface area contributed by atoms with E-state index in [4.69, 9.17) is 0 Å². The zero-order chi connectivity index (χ0) is 14.4. The molecule has 1 N–H and O–H groups in total. The van der Waals surface area contributed by atoms with E-state index in [2.05, 4.69) is 30.1 Å². The van der Waals surface area contributed by atoms with E-state index in [1.165, 1.54) is 11.1 Å². The smallest absolute Gasteiger partial charge is 0.274 e. The Kier molecular flexibility index (Phi) is 2.61. The highest BCUT2D eigenvalue weighted by atomic mass is 16.2. The maximum atomic E-state index is 12.8. The minimum Gasteiger partial charge on any atom is -0.351 e. The van der Waals surface area contributed by atoms with Crippen LogP contribution < -0.4 is 4.90 Å². The molecule has 1 amide bonds. The van der Waals surface area contributed by atoms with Gasteiger partial charge in [0.2, 0.25) is 0 Å². The number of rotatable bonds is 1. The number of amides is 1. The van der Waals surface area contributed by atoms with Gasteiger partial charge in [0.1, 0.15) is 5.69 Å². The van der Waals surface area contributed by atoms with Gasteiger partial charge in [0.25, 0.3) is 5.91 Å². The Bertz CT molecular complexity index is 847. The number of benzene rings is 2. The van der Waals surface area contributed by atoms with Gasteiger partial charge in [0.15, 0.2) is 0 Å². The largest absolute Gasteiger partial charge is 0.351 e. The lowest BCUT2D eigenvalue weighted by atomic mass is 10.2. The van der Waals surface area contributed by atoms with Crippen molar-refractivity contribution in [3.8, 4) is 0 Å². The van der Waals surface area contributed by atoms with Gasteiger partial charge in [-0.05, 0) is 43.2 Å². The minimum absolute atomic E-state index is 0.0498. The van der Waals surface area contributed by atoms with Crippen LogP contribution in [0.5, 0.6) is 0 Å². The van der Waals surface area contributed by atoms with E-state index in [-0.39, 0.29) is 5.91 Å². The summed E-state index contributed by atoms with van der Waals surface area (Å²) >= 11 is 0. The second-order valence-electron chi connectivity index (χ2n) is 5.61. The van der Waals surface area contributed by atoms with Gasteiger partial charge in [-0.25, -0.2) is 0 Å². The van der Waals surface area contributed by atoms with E-state index in [9.17, 15) is 4.79 Å². The summed E-state index contributed by atoms with van der Waals surface area (Å²) in [4.78, 5) is 17.9. The highest BCUT2D eigenvalue weighted by Gasteiger charge is 2.26. The fourth-order valence-electron chi connectivity index (χ4n) is 3.06. The number of anilines is 1. The van der Waals surface area contributed by atoms with Crippen molar-refractivity contribution in [3.05, 3.63) is 65.4 Å². The Labute approximate surface area is 123 Å². The number of nitrogens with zero attached hydrogens (tertiary/aromatic N) is 1. The van der Waals surface area contributed by atoms with Crippen molar-refractivity contribution >= 4 is 22.5 Å². The number of carbonyl (C=O) groups is 1. The average Bonchev–Trinajstić information content (AvgIpc) is 3.09. The zero-order valence-electron chi connectivity index (χ0n) is 11.9. The lowest BCUT2D eigenvalue weighted by molar-refractivity contribution is 0.0985. The maximum Gasteiger partial charge on any atom is 0.274 e. The molecule has 4 rings (SSSR count). The van der Waals surface area contributed by atoms with Crippen LogP contribution in [0.15, 0.2) is 48.5 Å². The molecule has 1 aliphatic rings. The van der Waals surface area contributed by atoms with Crippen molar-refractivity contribution in [2.45, 2.75) is 13.3 Å². The van der Waals surface area contributed by atoms with E-state index < -0.39 is 0 Å². The van der Waals surface area contributed by atoms with Gasteiger partial charge >= 0.3 is 0 Å². The molecule has 0 radical (unpaired) electrons. The molecule has 0 aliphatic carbocycles. The van der Waals surface area contributed by atoms with Crippen molar-refractivity contribution in [2.75, 3.05) is 11.4 Å². The Balaban J connectivity index is 1.74. The van der Waals surface area contributed by atoms with Crippen LogP contribution in [0.2, 0.25) is 0 Å². The number of para-hydroxylation sites is 1. The van der Waals surface area contributed by atoms with E-state index in [0.717, 1.165) is 29.6 Å². The van der Waals surface area contributed by atoms with Crippen LogP contribution in [0.1, 0.15) is 21.6 Å². The van der Waals surface area contributed by atoms with E-state index in [1.54, 1.807) is 0 Å². The molecule has 3 nitrogen and oxygen atoms in total. The van der Waals surface area contributed by atoms with Crippen molar-refractivity contribution in [2.24, 2.45) is 0 Å². The molecule has 0 bridgehead atoms. The Morgan fingerprint density at radius 2 is 2.00 bits per heavy atom. The summed E-state index contributed by atoms with van der Waals surface area (Å²) in [6.45, 7) is 2.82. The first-order valence-electron chi connectivity index (χ1n) is 7.21. The molecule has 2 aromatic carbocycles. The summed E-state index contributed by atoms with van der Waals surface area (Å²) in [6.07, 6.45) is 0.932. The Morgan fingerprint density at radius 1 is 1.14 bits per heavy atom. The Hall–Kier alpha value is -2.55. The fourth-order valence-corrected chi connectivity index (χ4v) is 3.06. The van der Waals surface area contributed by atoms with Gasteiger partial charge in [-0.1, -0.05) is 29.8 Å². The molecule has 0 fully saturated rings. The van der Waals surface area contributed by atoms with Gasteiger partial charge in [0, 0.05) is 23.1 Å². The predicted molar refractivity (Wildman–Crippen MR) is 84.9 cm³/mol. The summed E-state index contributed by atoms with van der Waals surface area (Å²) in [7, 11) is 0. The average molecular weight is 276 g/mol. The number of aromatic nitrogens is 1. The first kappa shape index (κ1) is 12.2. The van der Waals surface area contributed by atoms with E-state index in [0.29, 0.717) is 5.69 Å². The number of carbonyl (C=O) groups excluding carboxylic acids is 1. The van der Waals surface area contributed by atoms with Crippen LogP contribution in [-0.4, -0.2) is 17.4 Å². The summed E-state index contributed by atoms with van der Waals surface area (Å²) in [6, 6.07) is 16.3. The number of aryl methyl sites for hydroxylation is 1. The van der Waals surface area contributed by atoms with Crippen molar-refractivity contribution in [3.63, 3.8) is 0 Å². The second kappa shape index (κ2) is 4.48. The van der Waals surface area contributed by atoms with Crippen molar-refractivity contribution in [1.82, 2.24) is 4.98 Å². The molecule has 0 unspecified atom stereocenters. The minimum atomic E-state index is 0.0498. The lowest BCUT2D eigenvalue weighted by Gasteiger charge is -2.16.